The van der Waals surface area contributed by atoms with Gasteiger partial charge in [0.25, 0.3) is 0 Å². The normalized spacial score (nSPS) is 22.4. The molecule has 1 aromatic carbocycles. The van der Waals surface area contributed by atoms with E-state index in [9.17, 15) is 4.79 Å². The summed E-state index contributed by atoms with van der Waals surface area (Å²) in [4.78, 5) is 15.2. The minimum atomic E-state index is 0.187. The lowest BCUT2D eigenvalue weighted by molar-refractivity contribution is -0.135. The van der Waals surface area contributed by atoms with Gasteiger partial charge in [-0.2, -0.15) is 0 Å². The summed E-state index contributed by atoms with van der Waals surface area (Å²) < 4.78 is 1.73. The maximum absolute atomic E-state index is 13.0. The number of nitrogens with zero attached hydrogens (tertiary/aromatic N) is 4. The van der Waals surface area contributed by atoms with Crippen molar-refractivity contribution in [3.63, 3.8) is 0 Å². The lowest BCUT2D eigenvalue weighted by Gasteiger charge is -2.30. The highest BCUT2D eigenvalue weighted by atomic mass is 16.2. The molecule has 1 heterocycles. The number of aromatic nitrogens is 3. The number of rotatable bonds is 5. The highest BCUT2D eigenvalue weighted by molar-refractivity contribution is 5.77. The van der Waals surface area contributed by atoms with E-state index in [4.69, 9.17) is 0 Å². The van der Waals surface area contributed by atoms with Crippen LogP contribution in [0, 0.1) is 0 Å². The lowest BCUT2D eigenvalue weighted by Crippen LogP contribution is -2.38. The van der Waals surface area contributed by atoms with Gasteiger partial charge in [-0.25, -0.2) is 4.68 Å². The van der Waals surface area contributed by atoms with E-state index in [0.717, 1.165) is 31.4 Å². The molecule has 1 aromatic heterocycles. The Morgan fingerprint density at radius 1 is 1.17 bits per heavy atom. The summed E-state index contributed by atoms with van der Waals surface area (Å²) in [6, 6.07) is 9.24. The first kappa shape index (κ1) is 14.2. The quantitative estimate of drug-likeness (QED) is 0.850. The molecule has 0 radical (unpaired) electrons. The molecule has 0 N–H and O–H groups in total. The minimum Gasteiger partial charge on any atom is -0.331 e. The van der Waals surface area contributed by atoms with Gasteiger partial charge >= 0.3 is 0 Å². The van der Waals surface area contributed by atoms with Gasteiger partial charge in [0.05, 0.1) is 11.7 Å². The standard InChI is InChI=1S/C19H22N4O/c24-19(12-22-11-17(20-21-22)14-5-6-14)23(15-8-9-15)18-10-7-13-3-1-2-4-16(13)18/h1-4,11,14-15,18H,5-10,12H2. The summed E-state index contributed by atoms with van der Waals surface area (Å²) in [5.41, 5.74) is 3.79. The van der Waals surface area contributed by atoms with Crippen molar-refractivity contribution >= 4 is 5.91 Å². The van der Waals surface area contributed by atoms with Gasteiger partial charge < -0.3 is 4.90 Å². The van der Waals surface area contributed by atoms with Gasteiger partial charge in [-0.1, -0.05) is 29.5 Å². The summed E-state index contributed by atoms with van der Waals surface area (Å²) >= 11 is 0. The Bertz CT molecular complexity index is 775. The van der Waals surface area contributed by atoms with Gasteiger partial charge in [-0.05, 0) is 49.7 Å². The molecule has 5 nitrogen and oxygen atoms in total. The van der Waals surface area contributed by atoms with Gasteiger partial charge in [0, 0.05) is 18.2 Å². The van der Waals surface area contributed by atoms with Gasteiger partial charge in [0.1, 0.15) is 6.54 Å². The third-order valence-corrected chi connectivity index (χ3v) is 5.51. The lowest BCUT2D eigenvalue weighted by atomic mass is 10.1. The van der Waals surface area contributed by atoms with Crippen LogP contribution in [0.15, 0.2) is 30.5 Å². The summed E-state index contributed by atoms with van der Waals surface area (Å²) in [6.07, 6.45) is 8.77. The van der Waals surface area contributed by atoms with E-state index < -0.39 is 0 Å². The van der Waals surface area contributed by atoms with Crippen molar-refractivity contribution < 1.29 is 4.79 Å². The number of aryl methyl sites for hydroxylation is 1. The van der Waals surface area contributed by atoms with Crippen LogP contribution >= 0.6 is 0 Å². The van der Waals surface area contributed by atoms with E-state index in [1.54, 1.807) is 4.68 Å². The predicted molar refractivity (Wildman–Crippen MR) is 89.4 cm³/mol. The molecule has 0 aliphatic heterocycles. The minimum absolute atomic E-state index is 0.187. The van der Waals surface area contributed by atoms with Crippen LogP contribution in [0.5, 0.6) is 0 Å². The van der Waals surface area contributed by atoms with Crippen LogP contribution in [-0.4, -0.2) is 31.8 Å². The van der Waals surface area contributed by atoms with Gasteiger partial charge in [-0.3, -0.25) is 4.79 Å². The molecule has 2 fully saturated rings. The zero-order valence-electron chi connectivity index (χ0n) is 13.8. The van der Waals surface area contributed by atoms with Gasteiger partial charge in [0.15, 0.2) is 0 Å². The number of carbonyl (C=O) groups excluding carboxylic acids is 1. The maximum Gasteiger partial charge on any atom is 0.245 e. The van der Waals surface area contributed by atoms with E-state index in [1.165, 1.54) is 24.0 Å². The number of hydrogen-bond donors (Lipinski definition) is 0. The Morgan fingerprint density at radius 2 is 2.00 bits per heavy atom. The molecular weight excluding hydrogens is 300 g/mol. The molecule has 0 spiro atoms. The third-order valence-electron chi connectivity index (χ3n) is 5.51. The van der Waals surface area contributed by atoms with E-state index in [1.807, 2.05) is 6.20 Å². The van der Waals surface area contributed by atoms with Crippen molar-refractivity contribution in [2.24, 2.45) is 0 Å². The molecule has 5 rings (SSSR count). The summed E-state index contributed by atoms with van der Waals surface area (Å²) in [5.74, 6) is 0.765. The van der Waals surface area contributed by atoms with Crippen LogP contribution in [0.3, 0.4) is 0 Å². The molecule has 3 aliphatic carbocycles. The summed E-state index contributed by atoms with van der Waals surface area (Å²) in [7, 11) is 0. The Morgan fingerprint density at radius 3 is 2.79 bits per heavy atom. The second-order valence-corrected chi connectivity index (χ2v) is 7.40. The van der Waals surface area contributed by atoms with Crippen molar-refractivity contribution in [1.82, 2.24) is 19.9 Å². The molecule has 2 aromatic rings. The number of hydrogen-bond acceptors (Lipinski definition) is 3. The number of benzene rings is 1. The fourth-order valence-corrected chi connectivity index (χ4v) is 3.99. The molecule has 24 heavy (non-hydrogen) atoms. The van der Waals surface area contributed by atoms with Crippen molar-refractivity contribution in [2.75, 3.05) is 0 Å². The van der Waals surface area contributed by atoms with Crippen LogP contribution in [-0.2, 0) is 17.8 Å². The van der Waals surface area contributed by atoms with E-state index in [0.29, 0.717) is 18.5 Å². The fraction of sp³-hybridized carbons (Fsp3) is 0.526. The van der Waals surface area contributed by atoms with Crippen LogP contribution in [0.25, 0.3) is 0 Å². The highest BCUT2D eigenvalue weighted by Gasteiger charge is 2.40. The molecule has 124 valence electrons. The summed E-state index contributed by atoms with van der Waals surface area (Å²) in [6.45, 7) is 0.314. The molecule has 0 bridgehead atoms. The molecular formula is C19H22N4O. The predicted octanol–water partition coefficient (Wildman–Crippen LogP) is 2.83. The van der Waals surface area contributed by atoms with Crippen LogP contribution in [0.1, 0.15) is 60.9 Å². The second-order valence-electron chi connectivity index (χ2n) is 7.40. The second kappa shape index (κ2) is 5.43. The molecule has 3 aliphatic rings. The number of amides is 1. The molecule has 5 heteroatoms. The van der Waals surface area contributed by atoms with Crippen LogP contribution in [0.4, 0.5) is 0 Å². The average Bonchev–Trinajstić information content (AvgIpc) is 3.51. The number of carbonyl (C=O) groups is 1. The van der Waals surface area contributed by atoms with E-state index in [2.05, 4.69) is 39.5 Å². The Kier molecular flexibility index (Phi) is 3.21. The van der Waals surface area contributed by atoms with Gasteiger partial charge in [-0.15, -0.1) is 5.10 Å². The smallest absolute Gasteiger partial charge is 0.245 e. The fourth-order valence-electron chi connectivity index (χ4n) is 3.99. The first-order chi connectivity index (χ1) is 11.8. The highest BCUT2D eigenvalue weighted by Crippen LogP contribution is 2.42. The van der Waals surface area contributed by atoms with E-state index >= 15 is 0 Å². The Balaban J connectivity index is 1.36. The average molecular weight is 322 g/mol. The summed E-state index contributed by atoms with van der Waals surface area (Å²) in [5, 5.41) is 8.40. The SMILES string of the molecule is O=C(Cn1cc(C2CC2)nn1)N(C1CC1)C1CCc2ccccc21. The molecule has 2 saturated carbocycles. The Labute approximate surface area is 141 Å². The topological polar surface area (TPSA) is 51.0 Å². The number of fused-ring (bicyclic) bond motifs is 1. The first-order valence-electron chi connectivity index (χ1n) is 9.08. The molecule has 0 saturated heterocycles. The zero-order chi connectivity index (χ0) is 16.1. The Hall–Kier alpha value is -2.17. The van der Waals surface area contributed by atoms with Crippen molar-refractivity contribution in [3.05, 3.63) is 47.3 Å². The van der Waals surface area contributed by atoms with Crippen molar-refractivity contribution in [2.45, 2.75) is 63.1 Å². The van der Waals surface area contributed by atoms with Crippen LogP contribution in [0.2, 0.25) is 0 Å². The molecule has 1 atom stereocenters. The largest absolute Gasteiger partial charge is 0.331 e. The molecule has 1 amide bonds. The van der Waals surface area contributed by atoms with Crippen molar-refractivity contribution in [3.8, 4) is 0 Å². The van der Waals surface area contributed by atoms with Gasteiger partial charge in [0.2, 0.25) is 5.91 Å². The third kappa shape index (κ3) is 2.52. The zero-order valence-corrected chi connectivity index (χ0v) is 13.8. The molecule has 1 unspecified atom stereocenters. The first-order valence-corrected chi connectivity index (χ1v) is 9.08. The van der Waals surface area contributed by atoms with E-state index in [-0.39, 0.29) is 11.9 Å². The van der Waals surface area contributed by atoms with Crippen LogP contribution < -0.4 is 0 Å². The monoisotopic (exact) mass is 322 g/mol. The maximum atomic E-state index is 13.0. The van der Waals surface area contributed by atoms with Crippen molar-refractivity contribution in [1.29, 1.82) is 0 Å².